The zero-order valence-corrected chi connectivity index (χ0v) is 13.9. The van der Waals surface area contributed by atoms with Crippen molar-refractivity contribution < 1.29 is 9.21 Å². The van der Waals surface area contributed by atoms with Gasteiger partial charge in [0.25, 0.3) is 5.91 Å². The maximum atomic E-state index is 11.9. The van der Waals surface area contributed by atoms with E-state index in [1.807, 2.05) is 5.38 Å². The Labute approximate surface area is 139 Å². The van der Waals surface area contributed by atoms with E-state index in [0.29, 0.717) is 11.0 Å². The molecule has 2 heterocycles. The highest BCUT2D eigenvalue weighted by atomic mass is 32.1. The third kappa shape index (κ3) is 3.51. The van der Waals surface area contributed by atoms with E-state index in [9.17, 15) is 4.79 Å². The lowest BCUT2D eigenvalue weighted by molar-refractivity contribution is 0.0996. The van der Waals surface area contributed by atoms with Gasteiger partial charge in [-0.05, 0) is 30.0 Å². The van der Waals surface area contributed by atoms with Crippen LogP contribution in [0.4, 0.5) is 5.13 Å². The van der Waals surface area contributed by atoms with Crippen LogP contribution in [-0.4, -0.2) is 10.9 Å². The van der Waals surface area contributed by atoms with E-state index in [-0.39, 0.29) is 11.7 Å². The first-order valence-electron chi connectivity index (χ1n) is 7.58. The molecule has 3 aromatic rings. The minimum atomic E-state index is -0.289. The van der Waals surface area contributed by atoms with Crippen molar-refractivity contribution in [2.24, 2.45) is 0 Å². The van der Waals surface area contributed by atoms with Crippen LogP contribution >= 0.6 is 11.3 Å². The molecular formula is C18H18N2O2S. The Kier molecular flexibility index (Phi) is 4.57. The first kappa shape index (κ1) is 15.5. The third-order valence-corrected chi connectivity index (χ3v) is 4.62. The van der Waals surface area contributed by atoms with Crippen molar-refractivity contribution in [1.29, 1.82) is 0 Å². The number of rotatable bonds is 5. The van der Waals surface area contributed by atoms with Crippen molar-refractivity contribution in [2.45, 2.75) is 26.2 Å². The highest BCUT2D eigenvalue weighted by Gasteiger charge is 2.12. The molecule has 0 aliphatic carbocycles. The van der Waals surface area contributed by atoms with E-state index < -0.39 is 0 Å². The van der Waals surface area contributed by atoms with Crippen LogP contribution in [0, 0.1) is 0 Å². The molecule has 0 radical (unpaired) electrons. The smallest absolute Gasteiger partial charge is 0.293 e. The van der Waals surface area contributed by atoms with Crippen molar-refractivity contribution in [3.8, 4) is 11.3 Å². The lowest BCUT2D eigenvalue weighted by Crippen LogP contribution is -2.10. The van der Waals surface area contributed by atoms with Crippen LogP contribution in [0.3, 0.4) is 0 Å². The molecule has 3 rings (SSSR count). The second kappa shape index (κ2) is 6.79. The summed E-state index contributed by atoms with van der Waals surface area (Å²) in [5.41, 5.74) is 3.24. The largest absolute Gasteiger partial charge is 0.459 e. The van der Waals surface area contributed by atoms with Gasteiger partial charge in [0.15, 0.2) is 10.9 Å². The number of nitrogens with one attached hydrogen (secondary N) is 1. The van der Waals surface area contributed by atoms with Crippen molar-refractivity contribution in [3.05, 3.63) is 59.4 Å². The van der Waals surface area contributed by atoms with E-state index >= 15 is 0 Å². The minimum Gasteiger partial charge on any atom is -0.459 e. The van der Waals surface area contributed by atoms with Gasteiger partial charge in [-0.1, -0.05) is 38.1 Å². The molecule has 1 atom stereocenters. The number of aromatic nitrogens is 1. The molecule has 1 unspecified atom stereocenters. The van der Waals surface area contributed by atoms with Gasteiger partial charge < -0.3 is 4.42 Å². The normalized spacial score (nSPS) is 12.1. The van der Waals surface area contributed by atoms with Crippen LogP contribution < -0.4 is 5.32 Å². The molecule has 0 aliphatic rings. The first-order chi connectivity index (χ1) is 11.2. The fourth-order valence-corrected chi connectivity index (χ4v) is 2.96. The number of carbonyl (C=O) groups excluding carboxylic acids is 1. The van der Waals surface area contributed by atoms with Gasteiger partial charge in [-0.15, -0.1) is 11.3 Å². The van der Waals surface area contributed by atoms with Crippen molar-refractivity contribution in [1.82, 2.24) is 4.98 Å². The van der Waals surface area contributed by atoms with Crippen LogP contribution in [0.1, 0.15) is 42.3 Å². The van der Waals surface area contributed by atoms with Gasteiger partial charge in [0, 0.05) is 10.9 Å². The molecular weight excluding hydrogens is 308 g/mol. The lowest BCUT2D eigenvalue weighted by Gasteiger charge is -2.08. The van der Waals surface area contributed by atoms with E-state index in [2.05, 4.69) is 48.4 Å². The predicted octanol–water partition coefficient (Wildman–Crippen LogP) is 5.17. The summed E-state index contributed by atoms with van der Waals surface area (Å²) in [5.74, 6) is 0.547. The zero-order chi connectivity index (χ0) is 16.2. The van der Waals surface area contributed by atoms with E-state index in [0.717, 1.165) is 17.7 Å². The molecule has 118 valence electrons. The average molecular weight is 326 g/mol. The number of amides is 1. The Morgan fingerprint density at radius 3 is 2.74 bits per heavy atom. The molecule has 0 aliphatic heterocycles. The molecule has 0 saturated heterocycles. The number of carbonyl (C=O) groups is 1. The van der Waals surface area contributed by atoms with Crippen molar-refractivity contribution in [2.75, 3.05) is 5.32 Å². The second-order valence-corrected chi connectivity index (χ2v) is 6.26. The highest BCUT2D eigenvalue weighted by molar-refractivity contribution is 7.14. The predicted molar refractivity (Wildman–Crippen MR) is 92.9 cm³/mol. The van der Waals surface area contributed by atoms with Crippen LogP contribution in [0.15, 0.2) is 52.5 Å². The van der Waals surface area contributed by atoms with Crippen LogP contribution in [0.5, 0.6) is 0 Å². The van der Waals surface area contributed by atoms with Gasteiger partial charge in [-0.25, -0.2) is 4.98 Å². The highest BCUT2D eigenvalue weighted by Crippen LogP contribution is 2.27. The molecule has 0 spiro atoms. The van der Waals surface area contributed by atoms with Crippen LogP contribution in [0.25, 0.3) is 11.3 Å². The van der Waals surface area contributed by atoms with Gasteiger partial charge in [-0.2, -0.15) is 0 Å². The number of furan rings is 1. The molecule has 5 heteroatoms. The third-order valence-electron chi connectivity index (χ3n) is 3.86. The van der Waals surface area contributed by atoms with Crippen molar-refractivity contribution >= 4 is 22.4 Å². The lowest BCUT2D eigenvalue weighted by atomic mass is 9.97. The molecule has 0 fully saturated rings. The number of benzene rings is 1. The molecule has 4 nitrogen and oxygen atoms in total. The maximum Gasteiger partial charge on any atom is 0.293 e. The molecule has 1 N–H and O–H groups in total. The summed E-state index contributed by atoms with van der Waals surface area (Å²) in [6, 6.07) is 11.7. The maximum absolute atomic E-state index is 11.9. The summed E-state index contributed by atoms with van der Waals surface area (Å²) in [6.45, 7) is 4.41. The SMILES string of the molecule is CCC(C)c1ccc(-c2csc(NC(=O)c3ccco3)n2)cc1. The molecule has 23 heavy (non-hydrogen) atoms. The fraction of sp³-hybridized carbons (Fsp3) is 0.222. The Bertz CT molecular complexity index is 776. The quantitative estimate of drug-likeness (QED) is 0.704. The monoisotopic (exact) mass is 326 g/mol. The molecule has 1 amide bonds. The van der Waals surface area contributed by atoms with E-state index in [1.54, 1.807) is 12.1 Å². The topological polar surface area (TPSA) is 55.1 Å². The Morgan fingerprint density at radius 1 is 1.30 bits per heavy atom. The van der Waals surface area contributed by atoms with Gasteiger partial charge in [-0.3, -0.25) is 10.1 Å². The number of thiazole rings is 1. The zero-order valence-electron chi connectivity index (χ0n) is 13.1. The van der Waals surface area contributed by atoms with Gasteiger partial charge in [0.1, 0.15) is 0 Å². The fourth-order valence-electron chi connectivity index (χ4n) is 2.25. The summed E-state index contributed by atoms with van der Waals surface area (Å²) in [7, 11) is 0. The molecule has 0 bridgehead atoms. The minimum absolute atomic E-state index is 0.277. The Hall–Kier alpha value is -2.40. The van der Waals surface area contributed by atoms with Gasteiger partial charge in [0.05, 0.1) is 12.0 Å². The first-order valence-corrected chi connectivity index (χ1v) is 8.46. The molecule has 2 aromatic heterocycles. The summed E-state index contributed by atoms with van der Waals surface area (Å²) >= 11 is 1.40. The average Bonchev–Trinajstić information content (AvgIpc) is 3.26. The number of hydrogen-bond donors (Lipinski definition) is 1. The Balaban J connectivity index is 1.73. The summed E-state index contributed by atoms with van der Waals surface area (Å²) in [6.07, 6.45) is 2.60. The van der Waals surface area contributed by atoms with Gasteiger partial charge >= 0.3 is 0 Å². The molecule has 1 aromatic carbocycles. The van der Waals surface area contributed by atoms with E-state index in [1.165, 1.54) is 23.2 Å². The molecule has 0 saturated carbocycles. The van der Waals surface area contributed by atoms with Crippen LogP contribution in [0.2, 0.25) is 0 Å². The number of anilines is 1. The standard InChI is InChI=1S/C18H18N2O2S/c1-3-12(2)13-6-8-14(9-7-13)15-11-23-18(19-15)20-17(21)16-5-4-10-22-16/h4-12H,3H2,1-2H3,(H,19,20,21). The van der Waals surface area contributed by atoms with E-state index in [4.69, 9.17) is 4.42 Å². The summed E-state index contributed by atoms with van der Waals surface area (Å²) in [4.78, 5) is 16.4. The van der Waals surface area contributed by atoms with Crippen LogP contribution in [-0.2, 0) is 0 Å². The van der Waals surface area contributed by atoms with Gasteiger partial charge in [0.2, 0.25) is 0 Å². The second-order valence-electron chi connectivity index (χ2n) is 5.40. The number of hydrogen-bond acceptors (Lipinski definition) is 4. The summed E-state index contributed by atoms with van der Waals surface area (Å²) < 4.78 is 5.07. The van der Waals surface area contributed by atoms with Crippen molar-refractivity contribution in [3.63, 3.8) is 0 Å². The summed E-state index contributed by atoms with van der Waals surface area (Å²) in [5, 5.41) is 5.25. The Morgan fingerprint density at radius 2 is 2.09 bits per heavy atom. The number of nitrogens with zero attached hydrogens (tertiary/aromatic N) is 1.